The number of hydrazone groups is 1. The van der Waals surface area contributed by atoms with Crippen LogP contribution in [0.15, 0.2) is 71.8 Å². The molecule has 0 aliphatic heterocycles. The minimum atomic E-state index is -0.985. The molecule has 0 unspecified atom stereocenters. The van der Waals surface area contributed by atoms with Gasteiger partial charge in [-0.1, -0.05) is 24.3 Å². The molecule has 4 saturated carbocycles. The topological polar surface area (TPSA) is 109 Å². The Kier molecular flexibility index (Phi) is 7.63. The maximum atomic E-state index is 12.4. The fourth-order valence-electron chi connectivity index (χ4n) is 7.42. The van der Waals surface area contributed by atoms with Crippen molar-refractivity contribution >= 4 is 23.9 Å². The fraction of sp³-hybridized carbons (Fsp3) is 0.364. The molecule has 4 fully saturated rings. The zero-order valence-corrected chi connectivity index (χ0v) is 23.1. The Labute approximate surface area is 239 Å². The van der Waals surface area contributed by atoms with Gasteiger partial charge in [-0.25, -0.2) is 15.0 Å². The second-order valence-electron chi connectivity index (χ2n) is 11.6. The molecule has 0 aromatic heterocycles. The summed E-state index contributed by atoms with van der Waals surface area (Å²) < 4.78 is 11.3. The number of nitrogens with zero attached hydrogens (tertiary/aromatic N) is 1. The quantitative estimate of drug-likeness (QED) is 0.203. The first kappa shape index (κ1) is 26.9. The molecule has 2 amide bonds. The number of aromatic carboxylic acids is 1. The Hall–Kier alpha value is -4.33. The van der Waals surface area contributed by atoms with Crippen molar-refractivity contribution in [2.24, 2.45) is 28.8 Å². The Balaban J connectivity index is 1.01. The van der Waals surface area contributed by atoms with Crippen LogP contribution in [0.3, 0.4) is 0 Å². The third-order valence-electron chi connectivity index (χ3n) is 8.92. The van der Waals surface area contributed by atoms with E-state index in [1.54, 1.807) is 36.4 Å². The van der Waals surface area contributed by atoms with Crippen molar-refractivity contribution in [2.75, 3.05) is 12.4 Å². The number of carboxylic acid groups (broad SMARTS) is 1. The molecule has 8 heteroatoms. The van der Waals surface area contributed by atoms with Crippen molar-refractivity contribution in [3.8, 4) is 11.5 Å². The summed E-state index contributed by atoms with van der Waals surface area (Å²) in [6, 6.07) is 19.8. The maximum Gasteiger partial charge on any atom is 0.339 e. The van der Waals surface area contributed by atoms with E-state index in [2.05, 4.69) is 28.0 Å². The number of hydrogen-bond acceptors (Lipinski definition) is 5. The van der Waals surface area contributed by atoms with Gasteiger partial charge in [-0.15, -0.1) is 0 Å². The summed E-state index contributed by atoms with van der Waals surface area (Å²) in [5.74, 6) is 4.27. The Morgan fingerprint density at radius 1 is 0.927 bits per heavy atom. The van der Waals surface area contributed by atoms with Crippen LogP contribution in [0.4, 0.5) is 10.5 Å². The second-order valence-corrected chi connectivity index (χ2v) is 11.6. The number of nitrogens with one attached hydrogen (secondary N) is 2. The summed E-state index contributed by atoms with van der Waals surface area (Å²) in [5.41, 5.74) is 6.31. The molecule has 0 heterocycles. The van der Waals surface area contributed by atoms with E-state index in [1.807, 2.05) is 12.1 Å². The second kappa shape index (κ2) is 11.6. The predicted molar refractivity (Wildman–Crippen MR) is 157 cm³/mol. The van der Waals surface area contributed by atoms with Gasteiger partial charge in [0.2, 0.25) is 0 Å². The van der Waals surface area contributed by atoms with Crippen molar-refractivity contribution < 1.29 is 24.2 Å². The number of carbonyl (C=O) groups excluding carboxylic acids is 1. The molecule has 8 nitrogen and oxygen atoms in total. The van der Waals surface area contributed by atoms with Crippen LogP contribution in [0.5, 0.6) is 11.5 Å². The first-order valence-corrected chi connectivity index (χ1v) is 14.3. The van der Waals surface area contributed by atoms with Crippen LogP contribution in [-0.2, 0) is 6.61 Å². The normalized spacial score (nSPS) is 24.3. The van der Waals surface area contributed by atoms with E-state index in [4.69, 9.17) is 9.47 Å². The number of ether oxygens (including phenoxy) is 2. The Morgan fingerprint density at radius 2 is 1.66 bits per heavy atom. The third kappa shape index (κ3) is 6.06. The van der Waals surface area contributed by atoms with Gasteiger partial charge in [0.25, 0.3) is 0 Å². The summed E-state index contributed by atoms with van der Waals surface area (Å²) >= 11 is 0. The van der Waals surface area contributed by atoms with Gasteiger partial charge < -0.3 is 19.9 Å². The number of carboxylic acids is 1. The van der Waals surface area contributed by atoms with Crippen molar-refractivity contribution in [3.05, 3.63) is 89.0 Å². The third-order valence-corrected chi connectivity index (χ3v) is 8.92. The molecule has 212 valence electrons. The number of rotatable bonds is 9. The predicted octanol–water partition coefficient (Wildman–Crippen LogP) is 6.67. The highest BCUT2D eigenvalue weighted by atomic mass is 16.5. The highest BCUT2D eigenvalue weighted by Crippen LogP contribution is 2.59. The molecule has 4 aliphatic carbocycles. The van der Waals surface area contributed by atoms with Crippen molar-refractivity contribution in [3.63, 3.8) is 0 Å². The average Bonchev–Trinajstić information content (AvgIpc) is 2.97. The molecule has 4 bridgehead atoms. The lowest BCUT2D eigenvalue weighted by Crippen LogP contribution is -2.43. The van der Waals surface area contributed by atoms with Crippen LogP contribution in [-0.4, -0.2) is 30.4 Å². The standard InChI is InChI=1S/C33H35N3O5/c1-40-30-17-20(5-10-29(30)41-19-21-3-2-4-25(12-21)32(37)38)18-34-36-33(39)35-28-8-6-24(7-9-28)31-26-13-22-11-23(15-26)16-27(31)14-22/h2-10,12,17-18,22-23,26-27,31H,11,13-16,19H2,1H3,(H,37,38)(H2,35,36,39)/b34-18+. The molecule has 0 saturated heterocycles. The molecule has 3 aromatic rings. The van der Waals surface area contributed by atoms with Gasteiger partial charge in [0.1, 0.15) is 6.61 Å². The molecule has 0 spiro atoms. The SMILES string of the molecule is COc1cc(/C=N/NC(=O)Nc2ccc(C3C4CC5CC(C4)CC3C5)cc2)ccc1OCc1cccc(C(=O)O)c1. The largest absolute Gasteiger partial charge is 0.493 e. The van der Waals surface area contributed by atoms with Crippen LogP contribution >= 0.6 is 0 Å². The minimum absolute atomic E-state index is 0.191. The highest BCUT2D eigenvalue weighted by molar-refractivity contribution is 5.90. The number of hydrogen-bond donors (Lipinski definition) is 3. The number of benzene rings is 3. The van der Waals surface area contributed by atoms with Gasteiger partial charge in [0.05, 0.1) is 18.9 Å². The number of urea groups is 1. The smallest absolute Gasteiger partial charge is 0.339 e. The van der Waals surface area contributed by atoms with E-state index >= 15 is 0 Å². The molecule has 3 N–H and O–H groups in total. The van der Waals surface area contributed by atoms with Gasteiger partial charge >= 0.3 is 12.0 Å². The van der Waals surface area contributed by atoms with Crippen LogP contribution in [0, 0.1) is 23.7 Å². The molecule has 0 radical (unpaired) electrons. The van der Waals surface area contributed by atoms with Gasteiger partial charge in [0.15, 0.2) is 11.5 Å². The monoisotopic (exact) mass is 553 g/mol. The fourth-order valence-corrected chi connectivity index (χ4v) is 7.42. The van der Waals surface area contributed by atoms with E-state index in [0.717, 1.165) is 34.9 Å². The first-order valence-electron chi connectivity index (χ1n) is 14.3. The number of anilines is 1. The molecular formula is C33H35N3O5. The number of carbonyl (C=O) groups is 2. The zero-order chi connectivity index (χ0) is 28.3. The Morgan fingerprint density at radius 3 is 2.34 bits per heavy atom. The lowest BCUT2D eigenvalue weighted by atomic mass is 9.51. The molecule has 41 heavy (non-hydrogen) atoms. The van der Waals surface area contributed by atoms with Crippen molar-refractivity contribution in [1.29, 1.82) is 0 Å². The summed E-state index contributed by atoms with van der Waals surface area (Å²) in [7, 11) is 1.54. The van der Waals surface area contributed by atoms with E-state index in [9.17, 15) is 14.7 Å². The lowest BCUT2D eigenvalue weighted by Gasteiger charge is -2.54. The first-order chi connectivity index (χ1) is 19.9. The van der Waals surface area contributed by atoms with Gasteiger partial charge in [-0.05, 0) is 121 Å². The zero-order valence-electron chi connectivity index (χ0n) is 23.1. The molecule has 4 aliphatic rings. The Bertz CT molecular complexity index is 1420. The van der Waals surface area contributed by atoms with Gasteiger partial charge in [-0.3, -0.25) is 0 Å². The van der Waals surface area contributed by atoms with E-state index in [1.165, 1.54) is 57.1 Å². The van der Waals surface area contributed by atoms with Crippen molar-refractivity contribution in [1.82, 2.24) is 5.43 Å². The molecule has 0 atom stereocenters. The van der Waals surface area contributed by atoms with Crippen LogP contribution < -0.4 is 20.2 Å². The van der Waals surface area contributed by atoms with E-state index in [0.29, 0.717) is 23.0 Å². The number of amides is 2. The maximum absolute atomic E-state index is 12.4. The van der Waals surface area contributed by atoms with Gasteiger partial charge in [-0.2, -0.15) is 5.10 Å². The van der Waals surface area contributed by atoms with Crippen molar-refractivity contribution in [2.45, 2.75) is 44.6 Å². The van der Waals surface area contributed by atoms with Crippen LogP contribution in [0.1, 0.15) is 65.1 Å². The van der Waals surface area contributed by atoms with E-state index in [-0.39, 0.29) is 12.2 Å². The summed E-state index contributed by atoms with van der Waals surface area (Å²) in [6.45, 7) is 0.191. The lowest BCUT2D eigenvalue weighted by molar-refractivity contribution is -0.00277. The summed E-state index contributed by atoms with van der Waals surface area (Å²) in [6.07, 6.45) is 8.55. The number of methoxy groups -OCH3 is 1. The van der Waals surface area contributed by atoms with Crippen LogP contribution in [0.25, 0.3) is 0 Å². The van der Waals surface area contributed by atoms with Gasteiger partial charge in [0, 0.05) is 5.69 Å². The summed E-state index contributed by atoms with van der Waals surface area (Å²) in [5, 5.41) is 16.1. The van der Waals surface area contributed by atoms with Crippen LogP contribution in [0.2, 0.25) is 0 Å². The minimum Gasteiger partial charge on any atom is -0.493 e. The molecular weight excluding hydrogens is 518 g/mol. The van der Waals surface area contributed by atoms with E-state index < -0.39 is 12.0 Å². The molecule has 7 rings (SSSR count). The highest BCUT2D eigenvalue weighted by Gasteiger charge is 2.48. The average molecular weight is 554 g/mol. The molecule has 3 aromatic carbocycles. The summed E-state index contributed by atoms with van der Waals surface area (Å²) in [4.78, 5) is 23.6.